The Hall–Kier alpha value is -1.15. The SMILES string of the molecule is c1csc(C(CC2CCCC2)c2ccncc2)c1. The van der Waals surface area contributed by atoms with E-state index in [0.29, 0.717) is 5.92 Å². The van der Waals surface area contributed by atoms with E-state index < -0.39 is 0 Å². The van der Waals surface area contributed by atoms with Gasteiger partial charge < -0.3 is 0 Å². The first kappa shape index (κ1) is 11.9. The van der Waals surface area contributed by atoms with E-state index in [1.165, 1.54) is 42.5 Å². The Kier molecular flexibility index (Phi) is 3.75. The first-order valence-corrected chi connectivity index (χ1v) is 7.75. The number of thiophene rings is 1. The van der Waals surface area contributed by atoms with Crippen molar-refractivity contribution in [3.05, 3.63) is 52.5 Å². The third-order valence-electron chi connectivity index (χ3n) is 4.04. The number of aromatic nitrogens is 1. The van der Waals surface area contributed by atoms with Gasteiger partial charge in [0.05, 0.1) is 0 Å². The minimum Gasteiger partial charge on any atom is -0.265 e. The molecular formula is C16H19NS. The highest BCUT2D eigenvalue weighted by Gasteiger charge is 2.23. The summed E-state index contributed by atoms with van der Waals surface area (Å²) in [4.78, 5) is 5.65. The second-order valence-electron chi connectivity index (χ2n) is 5.23. The monoisotopic (exact) mass is 257 g/mol. The van der Waals surface area contributed by atoms with Crippen LogP contribution in [0.5, 0.6) is 0 Å². The van der Waals surface area contributed by atoms with Gasteiger partial charge in [-0.05, 0) is 41.5 Å². The van der Waals surface area contributed by atoms with Crippen LogP contribution in [0.15, 0.2) is 42.0 Å². The van der Waals surface area contributed by atoms with Crippen LogP contribution in [0.25, 0.3) is 0 Å². The van der Waals surface area contributed by atoms with Gasteiger partial charge in [-0.2, -0.15) is 0 Å². The van der Waals surface area contributed by atoms with Crippen LogP contribution in [0.1, 0.15) is 48.5 Å². The highest BCUT2D eigenvalue weighted by Crippen LogP contribution is 2.38. The average molecular weight is 257 g/mol. The Labute approximate surface area is 113 Å². The van der Waals surface area contributed by atoms with Crippen molar-refractivity contribution in [2.45, 2.75) is 38.0 Å². The first-order valence-electron chi connectivity index (χ1n) is 6.87. The molecule has 2 heterocycles. The van der Waals surface area contributed by atoms with E-state index in [1.807, 2.05) is 23.7 Å². The van der Waals surface area contributed by atoms with Gasteiger partial charge in [-0.15, -0.1) is 11.3 Å². The van der Waals surface area contributed by atoms with Gasteiger partial charge in [0.25, 0.3) is 0 Å². The Morgan fingerprint density at radius 2 is 1.94 bits per heavy atom. The fraction of sp³-hybridized carbons (Fsp3) is 0.438. The van der Waals surface area contributed by atoms with Crippen molar-refractivity contribution in [3.63, 3.8) is 0 Å². The zero-order chi connectivity index (χ0) is 12.2. The fourth-order valence-corrected chi connectivity index (χ4v) is 3.95. The second kappa shape index (κ2) is 5.66. The highest BCUT2D eigenvalue weighted by molar-refractivity contribution is 7.10. The summed E-state index contributed by atoms with van der Waals surface area (Å²) >= 11 is 1.89. The number of hydrogen-bond acceptors (Lipinski definition) is 2. The number of hydrogen-bond donors (Lipinski definition) is 0. The maximum atomic E-state index is 4.14. The quantitative estimate of drug-likeness (QED) is 0.762. The lowest BCUT2D eigenvalue weighted by molar-refractivity contribution is 0.475. The molecule has 1 unspecified atom stereocenters. The van der Waals surface area contributed by atoms with Crippen molar-refractivity contribution < 1.29 is 0 Å². The summed E-state index contributed by atoms with van der Waals surface area (Å²) in [6, 6.07) is 8.81. The Morgan fingerprint density at radius 1 is 1.17 bits per heavy atom. The molecule has 18 heavy (non-hydrogen) atoms. The van der Waals surface area contributed by atoms with Crippen LogP contribution >= 0.6 is 11.3 Å². The predicted octanol–water partition coefficient (Wildman–Crippen LogP) is 4.86. The molecule has 2 heteroatoms. The lowest BCUT2D eigenvalue weighted by atomic mass is 9.87. The molecule has 1 aliphatic carbocycles. The minimum absolute atomic E-state index is 0.580. The smallest absolute Gasteiger partial charge is 0.0270 e. The number of nitrogens with zero attached hydrogens (tertiary/aromatic N) is 1. The molecule has 0 spiro atoms. The fourth-order valence-electron chi connectivity index (χ4n) is 3.08. The summed E-state index contributed by atoms with van der Waals surface area (Å²) in [7, 11) is 0. The topological polar surface area (TPSA) is 12.9 Å². The summed E-state index contributed by atoms with van der Waals surface area (Å²) in [6.07, 6.45) is 10.9. The molecule has 1 fully saturated rings. The Bertz CT molecular complexity index is 457. The minimum atomic E-state index is 0.580. The van der Waals surface area contributed by atoms with Gasteiger partial charge in [0, 0.05) is 23.2 Å². The van der Waals surface area contributed by atoms with Crippen molar-refractivity contribution in [2.75, 3.05) is 0 Å². The van der Waals surface area contributed by atoms with Crippen molar-refractivity contribution in [1.82, 2.24) is 4.98 Å². The molecular weight excluding hydrogens is 238 g/mol. The molecule has 3 rings (SSSR count). The molecule has 0 saturated heterocycles. The lowest BCUT2D eigenvalue weighted by Gasteiger charge is -2.19. The Morgan fingerprint density at radius 3 is 2.61 bits per heavy atom. The highest BCUT2D eigenvalue weighted by atomic mass is 32.1. The van der Waals surface area contributed by atoms with Crippen LogP contribution < -0.4 is 0 Å². The molecule has 2 aromatic rings. The molecule has 1 saturated carbocycles. The van der Waals surface area contributed by atoms with Crippen molar-refractivity contribution in [3.8, 4) is 0 Å². The molecule has 0 aromatic carbocycles. The van der Waals surface area contributed by atoms with Crippen molar-refractivity contribution >= 4 is 11.3 Å². The molecule has 0 aliphatic heterocycles. The van der Waals surface area contributed by atoms with Crippen molar-refractivity contribution in [2.24, 2.45) is 5.92 Å². The Balaban J connectivity index is 1.84. The molecule has 0 amide bonds. The molecule has 0 N–H and O–H groups in total. The third-order valence-corrected chi connectivity index (χ3v) is 5.02. The summed E-state index contributed by atoms with van der Waals surface area (Å²) in [5.74, 6) is 1.50. The second-order valence-corrected chi connectivity index (χ2v) is 6.21. The number of rotatable bonds is 4. The summed E-state index contributed by atoms with van der Waals surface area (Å²) in [5, 5.41) is 2.19. The van der Waals surface area contributed by atoms with Crippen LogP contribution in [0.4, 0.5) is 0 Å². The molecule has 1 atom stereocenters. The van der Waals surface area contributed by atoms with Gasteiger partial charge in [0.2, 0.25) is 0 Å². The van der Waals surface area contributed by atoms with E-state index in [0.717, 1.165) is 5.92 Å². The largest absolute Gasteiger partial charge is 0.265 e. The lowest BCUT2D eigenvalue weighted by Crippen LogP contribution is -2.05. The first-order chi connectivity index (χ1) is 8.93. The standard InChI is InChI=1S/C16H19NS/c1-2-5-13(4-1)12-15(16-6-3-11-18-16)14-7-9-17-10-8-14/h3,6-11,13,15H,1-2,4-5,12H2. The van der Waals surface area contributed by atoms with E-state index >= 15 is 0 Å². The van der Waals surface area contributed by atoms with Crippen LogP contribution in [0, 0.1) is 5.92 Å². The van der Waals surface area contributed by atoms with Gasteiger partial charge in [0.15, 0.2) is 0 Å². The summed E-state index contributed by atoms with van der Waals surface area (Å²) < 4.78 is 0. The van der Waals surface area contributed by atoms with Crippen LogP contribution in [-0.2, 0) is 0 Å². The third kappa shape index (κ3) is 2.64. The van der Waals surface area contributed by atoms with E-state index in [9.17, 15) is 0 Å². The van der Waals surface area contributed by atoms with E-state index in [4.69, 9.17) is 0 Å². The summed E-state index contributed by atoms with van der Waals surface area (Å²) in [5.41, 5.74) is 1.43. The average Bonchev–Trinajstić information content (AvgIpc) is 3.10. The number of pyridine rings is 1. The maximum Gasteiger partial charge on any atom is 0.0270 e. The molecule has 2 aromatic heterocycles. The van der Waals surface area contributed by atoms with Gasteiger partial charge >= 0.3 is 0 Å². The zero-order valence-corrected chi connectivity index (χ0v) is 11.4. The maximum absolute atomic E-state index is 4.14. The zero-order valence-electron chi connectivity index (χ0n) is 10.6. The molecule has 94 valence electrons. The predicted molar refractivity (Wildman–Crippen MR) is 77.0 cm³/mol. The molecule has 0 bridgehead atoms. The molecule has 1 nitrogen and oxygen atoms in total. The van der Waals surface area contributed by atoms with Gasteiger partial charge in [-0.25, -0.2) is 0 Å². The summed E-state index contributed by atoms with van der Waals surface area (Å²) in [6.45, 7) is 0. The van der Waals surface area contributed by atoms with Crippen LogP contribution in [0.2, 0.25) is 0 Å². The van der Waals surface area contributed by atoms with Gasteiger partial charge in [-0.3, -0.25) is 4.98 Å². The molecule has 1 aliphatic rings. The normalized spacial score (nSPS) is 18.0. The molecule has 0 radical (unpaired) electrons. The van der Waals surface area contributed by atoms with E-state index in [2.05, 4.69) is 34.6 Å². The van der Waals surface area contributed by atoms with E-state index in [1.54, 1.807) is 0 Å². The van der Waals surface area contributed by atoms with Crippen LogP contribution in [-0.4, -0.2) is 4.98 Å². The van der Waals surface area contributed by atoms with Crippen LogP contribution in [0.3, 0.4) is 0 Å². The van der Waals surface area contributed by atoms with Gasteiger partial charge in [0.1, 0.15) is 0 Å². The van der Waals surface area contributed by atoms with Crippen molar-refractivity contribution in [1.29, 1.82) is 0 Å². The van der Waals surface area contributed by atoms with Gasteiger partial charge in [-0.1, -0.05) is 31.7 Å². The van der Waals surface area contributed by atoms with E-state index in [-0.39, 0.29) is 0 Å².